The van der Waals surface area contributed by atoms with Crippen LogP contribution < -0.4 is 10.2 Å². The van der Waals surface area contributed by atoms with E-state index in [1.165, 1.54) is 48.1 Å². The monoisotopic (exact) mass is 324 g/mol. The van der Waals surface area contributed by atoms with Gasteiger partial charge in [-0.3, -0.25) is 0 Å². The van der Waals surface area contributed by atoms with Gasteiger partial charge in [-0.1, -0.05) is 42.3 Å². The minimum atomic E-state index is 0.869. The molecule has 0 amide bonds. The molecule has 1 aliphatic heterocycles. The number of halogens is 1. The van der Waals surface area contributed by atoms with Crippen LogP contribution in [0.1, 0.15) is 38.7 Å². The van der Waals surface area contributed by atoms with Crippen LogP contribution in [-0.2, 0) is 6.54 Å². The molecule has 1 aliphatic rings. The number of piperidine rings is 1. The van der Waals surface area contributed by atoms with Crippen molar-refractivity contribution in [3.63, 3.8) is 0 Å². The number of hydrogen-bond acceptors (Lipinski definition) is 2. The molecule has 0 spiro atoms. The molecule has 1 aromatic carbocycles. The van der Waals surface area contributed by atoms with Gasteiger partial charge in [0.25, 0.3) is 0 Å². The van der Waals surface area contributed by atoms with E-state index >= 15 is 0 Å². The molecule has 1 heterocycles. The third-order valence-electron chi connectivity index (χ3n) is 4.06. The minimum absolute atomic E-state index is 0.869. The summed E-state index contributed by atoms with van der Waals surface area (Å²) in [5.41, 5.74) is 2.71. The highest BCUT2D eigenvalue weighted by Crippen LogP contribution is 2.28. The molecular weight excluding hydrogens is 300 g/mol. The number of anilines is 1. The average molecular weight is 325 g/mol. The van der Waals surface area contributed by atoms with E-state index in [1.54, 1.807) is 0 Å². The molecule has 1 saturated heterocycles. The zero-order chi connectivity index (χ0) is 13.7. The molecule has 19 heavy (non-hydrogen) atoms. The van der Waals surface area contributed by atoms with Crippen molar-refractivity contribution < 1.29 is 0 Å². The van der Waals surface area contributed by atoms with Gasteiger partial charge in [0, 0.05) is 29.8 Å². The quantitative estimate of drug-likeness (QED) is 0.873. The van der Waals surface area contributed by atoms with E-state index < -0.39 is 0 Å². The Morgan fingerprint density at radius 1 is 1.37 bits per heavy atom. The second-order valence-electron chi connectivity index (χ2n) is 5.42. The Morgan fingerprint density at radius 3 is 2.89 bits per heavy atom. The molecular formula is C16H25BrN2. The largest absolute Gasteiger partial charge is 0.371 e. The van der Waals surface area contributed by atoms with Crippen molar-refractivity contribution in [2.75, 3.05) is 24.5 Å². The summed E-state index contributed by atoms with van der Waals surface area (Å²) >= 11 is 3.71. The van der Waals surface area contributed by atoms with E-state index in [4.69, 9.17) is 0 Å². The van der Waals surface area contributed by atoms with Gasteiger partial charge in [-0.25, -0.2) is 0 Å². The lowest BCUT2D eigenvalue weighted by molar-refractivity contribution is 0.404. The van der Waals surface area contributed by atoms with Crippen LogP contribution in [0.3, 0.4) is 0 Å². The van der Waals surface area contributed by atoms with Gasteiger partial charge in [0.05, 0.1) is 0 Å². The van der Waals surface area contributed by atoms with Crippen LogP contribution >= 0.6 is 15.9 Å². The second-order valence-corrected chi connectivity index (χ2v) is 6.27. The highest BCUT2D eigenvalue weighted by Gasteiger charge is 2.19. The Balaban J connectivity index is 2.06. The molecule has 0 saturated carbocycles. The highest BCUT2D eigenvalue weighted by molar-refractivity contribution is 9.10. The lowest BCUT2D eigenvalue weighted by atomic mass is 9.95. The third kappa shape index (κ3) is 3.96. The van der Waals surface area contributed by atoms with E-state index in [0.29, 0.717) is 0 Å². The Hall–Kier alpha value is -0.540. The van der Waals surface area contributed by atoms with Crippen molar-refractivity contribution in [3.05, 3.63) is 28.2 Å². The summed E-state index contributed by atoms with van der Waals surface area (Å²) in [6, 6.07) is 6.80. The summed E-state index contributed by atoms with van der Waals surface area (Å²) in [6.07, 6.45) is 4.03. The lowest BCUT2D eigenvalue weighted by Gasteiger charge is -2.34. The van der Waals surface area contributed by atoms with Gasteiger partial charge in [0.1, 0.15) is 0 Å². The summed E-state index contributed by atoms with van der Waals surface area (Å²) in [6.45, 7) is 8.82. The van der Waals surface area contributed by atoms with Crippen molar-refractivity contribution in [2.24, 2.45) is 5.92 Å². The molecule has 1 atom stereocenters. The van der Waals surface area contributed by atoms with Gasteiger partial charge < -0.3 is 10.2 Å². The number of rotatable bonds is 5. The molecule has 1 aromatic rings. The van der Waals surface area contributed by atoms with Gasteiger partial charge in [-0.05, 0) is 43.0 Å². The number of nitrogens with zero attached hydrogens (tertiary/aromatic N) is 1. The summed E-state index contributed by atoms with van der Waals surface area (Å²) in [5, 5.41) is 3.38. The molecule has 0 aromatic heterocycles. The maximum atomic E-state index is 3.71. The van der Waals surface area contributed by atoms with E-state index in [2.05, 4.69) is 58.2 Å². The van der Waals surface area contributed by atoms with E-state index in [9.17, 15) is 0 Å². The maximum absolute atomic E-state index is 3.71. The Bertz CT molecular complexity index is 406. The van der Waals surface area contributed by atoms with E-state index in [-0.39, 0.29) is 0 Å². The summed E-state index contributed by atoms with van der Waals surface area (Å²) < 4.78 is 1.23. The molecule has 2 nitrogen and oxygen atoms in total. The van der Waals surface area contributed by atoms with Crippen LogP contribution in [0.15, 0.2) is 22.7 Å². The van der Waals surface area contributed by atoms with Gasteiger partial charge in [-0.2, -0.15) is 0 Å². The minimum Gasteiger partial charge on any atom is -0.371 e. The summed E-state index contributed by atoms with van der Waals surface area (Å²) in [5.74, 6) is 0.869. The molecule has 3 heteroatoms. The Labute approximate surface area is 125 Å². The number of hydrogen-bond donors (Lipinski definition) is 1. The van der Waals surface area contributed by atoms with Gasteiger partial charge >= 0.3 is 0 Å². The van der Waals surface area contributed by atoms with Gasteiger partial charge in [-0.15, -0.1) is 0 Å². The fourth-order valence-corrected chi connectivity index (χ4v) is 3.28. The average Bonchev–Trinajstić information content (AvgIpc) is 2.46. The molecule has 106 valence electrons. The first-order valence-electron chi connectivity index (χ1n) is 7.48. The van der Waals surface area contributed by atoms with Crippen LogP contribution in [0, 0.1) is 5.92 Å². The van der Waals surface area contributed by atoms with Crippen molar-refractivity contribution in [1.82, 2.24) is 5.32 Å². The van der Waals surface area contributed by atoms with E-state index in [0.717, 1.165) is 19.0 Å². The molecule has 1 fully saturated rings. The predicted molar refractivity (Wildman–Crippen MR) is 86.8 cm³/mol. The van der Waals surface area contributed by atoms with E-state index in [1.807, 2.05) is 0 Å². The third-order valence-corrected chi connectivity index (χ3v) is 4.80. The normalized spacial score (nSPS) is 19.7. The standard InChI is InChI=1S/C16H25BrN2/c1-3-13-6-5-9-19(12-13)15-8-7-14(11-18-4-2)16(17)10-15/h7-8,10,13,18H,3-6,9,11-12H2,1-2H3. The van der Waals surface area contributed by atoms with Crippen LogP contribution in [0.2, 0.25) is 0 Å². The Morgan fingerprint density at radius 2 is 2.21 bits per heavy atom. The molecule has 0 aliphatic carbocycles. The summed E-state index contributed by atoms with van der Waals surface area (Å²) in [7, 11) is 0. The second kappa shape index (κ2) is 7.30. The van der Waals surface area contributed by atoms with Gasteiger partial charge in [0.2, 0.25) is 0 Å². The maximum Gasteiger partial charge on any atom is 0.0377 e. The molecule has 2 rings (SSSR count). The first-order chi connectivity index (χ1) is 9.24. The number of benzene rings is 1. The van der Waals surface area contributed by atoms with Crippen molar-refractivity contribution in [2.45, 2.75) is 39.7 Å². The predicted octanol–water partition coefficient (Wildman–Crippen LogP) is 4.19. The van der Waals surface area contributed by atoms with Crippen LogP contribution in [-0.4, -0.2) is 19.6 Å². The number of nitrogens with one attached hydrogen (secondary N) is 1. The molecule has 0 radical (unpaired) electrons. The molecule has 0 bridgehead atoms. The Kier molecular flexibility index (Phi) is 5.71. The first kappa shape index (κ1) is 14.9. The summed E-state index contributed by atoms with van der Waals surface area (Å²) in [4.78, 5) is 2.54. The topological polar surface area (TPSA) is 15.3 Å². The van der Waals surface area contributed by atoms with Crippen molar-refractivity contribution >= 4 is 21.6 Å². The van der Waals surface area contributed by atoms with Crippen molar-refractivity contribution in [1.29, 1.82) is 0 Å². The molecule has 1 N–H and O–H groups in total. The van der Waals surface area contributed by atoms with Crippen LogP contribution in [0.4, 0.5) is 5.69 Å². The van der Waals surface area contributed by atoms with Crippen LogP contribution in [0.25, 0.3) is 0 Å². The fourth-order valence-electron chi connectivity index (χ4n) is 2.77. The zero-order valence-electron chi connectivity index (χ0n) is 12.1. The first-order valence-corrected chi connectivity index (χ1v) is 8.28. The highest BCUT2D eigenvalue weighted by atomic mass is 79.9. The lowest BCUT2D eigenvalue weighted by Crippen LogP contribution is -2.35. The van der Waals surface area contributed by atoms with Crippen molar-refractivity contribution in [3.8, 4) is 0 Å². The fraction of sp³-hybridized carbons (Fsp3) is 0.625. The smallest absolute Gasteiger partial charge is 0.0377 e. The zero-order valence-corrected chi connectivity index (χ0v) is 13.7. The molecule has 1 unspecified atom stereocenters. The van der Waals surface area contributed by atoms with Crippen LogP contribution in [0.5, 0.6) is 0 Å². The SMILES string of the molecule is CCNCc1ccc(N2CCCC(CC)C2)cc1Br. The van der Waals surface area contributed by atoms with Gasteiger partial charge in [0.15, 0.2) is 0 Å².